The third-order valence-electron chi connectivity index (χ3n) is 5.13. The number of fused-ring (bicyclic) bond motifs is 2. The molecule has 0 saturated carbocycles. The lowest BCUT2D eigenvalue weighted by Gasteiger charge is -2.29. The highest BCUT2D eigenvalue weighted by Gasteiger charge is 2.14. The zero-order valence-electron chi connectivity index (χ0n) is 17.0. The molecule has 142 valence electrons. The lowest BCUT2D eigenvalue weighted by Crippen LogP contribution is -2.32. The van der Waals surface area contributed by atoms with Crippen LogP contribution in [-0.4, -0.2) is 6.54 Å². The summed E-state index contributed by atoms with van der Waals surface area (Å²) in [5, 5.41) is 1.29. The molecule has 0 radical (unpaired) electrons. The molecule has 0 bridgehead atoms. The second kappa shape index (κ2) is 8.71. The van der Waals surface area contributed by atoms with Crippen molar-refractivity contribution in [3.8, 4) is 0 Å². The number of nitrogens with zero attached hydrogens (tertiary/aromatic N) is 2. The number of aromatic nitrogens is 1. The van der Waals surface area contributed by atoms with Gasteiger partial charge in [0.1, 0.15) is 6.54 Å². The molecule has 2 aromatic carbocycles. The average molecular weight is 369 g/mol. The smallest absolute Gasteiger partial charge is 0.213 e. The van der Waals surface area contributed by atoms with Gasteiger partial charge in [-0.2, -0.15) is 4.57 Å². The summed E-state index contributed by atoms with van der Waals surface area (Å²) in [6.45, 7) is 6.30. The van der Waals surface area contributed by atoms with Crippen LogP contribution in [0, 0.1) is 7.43 Å². The van der Waals surface area contributed by atoms with E-state index in [1.807, 2.05) is 0 Å². The number of allylic oxidation sites excluding steroid dienone is 3. The van der Waals surface area contributed by atoms with Crippen molar-refractivity contribution < 1.29 is 4.57 Å². The van der Waals surface area contributed by atoms with Crippen LogP contribution in [-0.2, 0) is 6.54 Å². The van der Waals surface area contributed by atoms with E-state index in [9.17, 15) is 0 Å². The number of hydrogen-bond acceptors (Lipinski definition) is 1. The van der Waals surface area contributed by atoms with Crippen molar-refractivity contribution in [2.45, 2.75) is 20.4 Å². The predicted molar refractivity (Wildman–Crippen MR) is 122 cm³/mol. The molecule has 0 fully saturated rings. The van der Waals surface area contributed by atoms with Gasteiger partial charge in [-0.1, -0.05) is 48.6 Å². The highest BCUT2D eigenvalue weighted by molar-refractivity contribution is 5.85. The molecule has 28 heavy (non-hydrogen) atoms. The summed E-state index contributed by atoms with van der Waals surface area (Å²) in [4.78, 5) is 2.35. The van der Waals surface area contributed by atoms with Crippen LogP contribution in [0.5, 0.6) is 0 Å². The van der Waals surface area contributed by atoms with Crippen molar-refractivity contribution in [3.63, 3.8) is 0 Å². The van der Waals surface area contributed by atoms with Crippen molar-refractivity contribution in [1.29, 1.82) is 0 Å². The van der Waals surface area contributed by atoms with Crippen molar-refractivity contribution in [2.75, 3.05) is 11.4 Å². The zero-order chi connectivity index (χ0) is 18.6. The van der Waals surface area contributed by atoms with Gasteiger partial charge in [-0.25, -0.2) is 0 Å². The Morgan fingerprint density at radius 1 is 0.929 bits per heavy atom. The van der Waals surface area contributed by atoms with Gasteiger partial charge < -0.3 is 12.3 Å². The molecular formula is C26H28N2. The molecule has 0 amide bonds. The van der Waals surface area contributed by atoms with Gasteiger partial charge in [-0.05, 0) is 49.3 Å². The van der Waals surface area contributed by atoms with Crippen LogP contribution in [0.15, 0.2) is 84.7 Å². The molecule has 0 aliphatic carbocycles. The summed E-state index contributed by atoms with van der Waals surface area (Å²) in [6, 6.07) is 19.4. The summed E-state index contributed by atoms with van der Waals surface area (Å²) in [5.74, 6) is 0. The van der Waals surface area contributed by atoms with E-state index in [-0.39, 0.29) is 7.43 Å². The second-order valence-corrected chi connectivity index (χ2v) is 6.66. The van der Waals surface area contributed by atoms with E-state index in [1.165, 1.54) is 33.4 Å². The highest BCUT2D eigenvalue weighted by Crippen LogP contribution is 2.30. The quantitative estimate of drug-likeness (QED) is 0.402. The van der Waals surface area contributed by atoms with Crippen LogP contribution in [0.2, 0.25) is 0 Å². The number of pyridine rings is 1. The summed E-state index contributed by atoms with van der Waals surface area (Å²) in [7, 11) is 0. The van der Waals surface area contributed by atoms with Gasteiger partial charge in [0.25, 0.3) is 0 Å². The van der Waals surface area contributed by atoms with E-state index in [2.05, 4.69) is 114 Å². The summed E-state index contributed by atoms with van der Waals surface area (Å²) < 4.78 is 2.28. The molecule has 4 rings (SSSR count). The molecule has 3 aromatic rings. The largest absolute Gasteiger partial charge is 0.358 e. The topological polar surface area (TPSA) is 7.12 Å². The minimum atomic E-state index is 0. The van der Waals surface area contributed by atoms with Gasteiger partial charge in [0, 0.05) is 30.1 Å². The standard InChI is InChI=1S/C25H25N2.CH3/c1-3-26-19-18-20(23-13-6-8-15-25(23)26)11-9-12-22-17-16-21-10-5-7-14-24(21)27(22)4-2;/h5-19H,3-4H2,1-2H3;1H3/q+1;-1. The minimum absolute atomic E-state index is 0. The zero-order valence-corrected chi connectivity index (χ0v) is 17.0. The number of para-hydroxylation sites is 2. The predicted octanol–water partition coefficient (Wildman–Crippen LogP) is 6.05. The van der Waals surface area contributed by atoms with E-state index in [0.717, 1.165) is 13.1 Å². The average Bonchev–Trinajstić information content (AvgIpc) is 2.73. The minimum Gasteiger partial charge on any atom is -0.358 e. The maximum absolute atomic E-state index is 2.35. The van der Waals surface area contributed by atoms with E-state index in [1.54, 1.807) is 0 Å². The Bertz CT molecular complexity index is 1060. The van der Waals surface area contributed by atoms with Gasteiger partial charge in [0.15, 0.2) is 6.20 Å². The number of likely N-dealkylation sites (N-methyl/N-ethyl adjacent to an activating group) is 1. The molecule has 2 nitrogen and oxygen atoms in total. The fraction of sp³-hybridized carbons (Fsp3) is 0.154. The highest BCUT2D eigenvalue weighted by atomic mass is 15.1. The molecule has 1 aliphatic rings. The number of anilines is 1. The molecule has 0 atom stereocenters. The van der Waals surface area contributed by atoms with Crippen LogP contribution in [0.25, 0.3) is 23.1 Å². The van der Waals surface area contributed by atoms with Gasteiger partial charge in [-0.15, -0.1) is 0 Å². The number of hydrogen-bond donors (Lipinski definition) is 0. The second-order valence-electron chi connectivity index (χ2n) is 6.66. The Kier molecular flexibility index (Phi) is 6.10. The Balaban J connectivity index is 0.00000225. The summed E-state index contributed by atoms with van der Waals surface area (Å²) >= 11 is 0. The molecule has 0 saturated heterocycles. The fourth-order valence-electron chi connectivity index (χ4n) is 3.76. The van der Waals surface area contributed by atoms with Crippen LogP contribution in [0.4, 0.5) is 5.69 Å². The van der Waals surface area contributed by atoms with Crippen LogP contribution >= 0.6 is 0 Å². The van der Waals surface area contributed by atoms with E-state index >= 15 is 0 Å². The Morgan fingerprint density at radius 2 is 1.71 bits per heavy atom. The Hall–Kier alpha value is -3.13. The van der Waals surface area contributed by atoms with Crippen molar-refractivity contribution in [3.05, 3.63) is 103 Å². The van der Waals surface area contributed by atoms with Crippen LogP contribution in [0.3, 0.4) is 0 Å². The van der Waals surface area contributed by atoms with Crippen LogP contribution in [0.1, 0.15) is 25.0 Å². The van der Waals surface area contributed by atoms with E-state index in [4.69, 9.17) is 0 Å². The van der Waals surface area contributed by atoms with Crippen molar-refractivity contribution >= 4 is 28.7 Å². The number of rotatable bonds is 4. The Labute approximate surface area is 168 Å². The lowest BCUT2D eigenvalue weighted by molar-refractivity contribution is -0.667. The third kappa shape index (κ3) is 3.63. The first-order valence-electron chi connectivity index (χ1n) is 9.66. The number of aryl methyl sites for hydroxylation is 1. The van der Waals surface area contributed by atoms with Crippen molar-refractivity contribution in [1.82, 2.24) is 0 Å². The summed E-state index contributed by atoms with van der Waals surface area (Å²) in [5.41, 5.74) is 6.29. The van der Waals surface area contributed by atoms with Crippen molar-refractivity contribution in [2.24, 2.45) is 0 Å². The first-order chi connectivity index (χ1) is 13.3. The van der Waals surface area contributed by atoms with E-state index in [0.29, 0.717) is 0 Å². The molecule has 1 aromatic heterocycles. The van der Waals surface area contributed by atoms with Gasteiger partial charge >= 0.3 is 0 Å². The molecule has 0 unspecified atom stereocenters. The van der Waals surface area contributed by atoms with Gasteiger partial charge in [-0.3, -0.25) is 0 Å². The van der Waals surface area contributed by atoms with Gasteiger partial charge in [0.05, 0.1) is 5.39 Å². The maximum atomic E-state index is 2.35. The third-order valence-corrected chi connectivity index (χ3v) is 5.13. The molecular weight excluding hydrogens is 340 g/mol. The molecule has 2 heteroatoms. The summed E-state index contributed by atoms with van der Waals surface area (Å²) in [6.07, 6.45) is 13.1. The maximum Gasteiger partial charge on any atom is 0.213 e. The molecule has 0 N–H and O–H groups in total. The first kappa shape index (κ1) is 19.6. The number of benzene rings is 2. The van der Waals surface area contributed by atoms with Crippen LogP contribution < -0.4 is 9.47 Å². The van der Waals surface area contributed by atoms with E-state index < -0.39 is 0 Å². The molecule has 2 heterocycles. The molecule has 0 spiro atoms. The first-order valence-corrected chi connectivity index (χ1v) is 9.66. The SMILES string of the molecule is CCN1C(=CC=Cc2cc[n+](CC)c3ccccc23)C=Cc2ccccc21.[CH3-]. The normalized spacial score (nSPS) is 14.5. The monoisotopic (exact) mass is 368 g/mol. The van der Waals surface area contributed by atoms with Gasteiger partial charge in [0.2, 0.25) is 5.52 Å². The molecule has 1 aliphatic heterocycles. The lowest BCUT2D eigenvalue weighted by atomic mass is 10.1. The fourth-order valence-corrected chi connectivity index (χ4v) is 3.76. The Morgan fingerprint density at radius 3 is 2.54 bits per heavy atom.